The Kier molecular flexibility index (Phi) is 4.49. The second-order valence-electron chi connectivity index (χ2n) is 5.51. The molecule has 1 aliphatic heterocycles. The van der Waals surface area contributed by atoms with E-state index in [2.05, 4.69) is 12.1 Å². The van der Waals surface area contributed by atoms with Crippen LogP contribution in [0.2, 0.25) is 0 Å². The first-order valence-electron chi connectivity index (χ1n) is 7.26. The van der Waals surface area contributed by atoms with Crippen molar-refractivity contribution < 1.29 is 14.2 Å². The van der Waals surface area contributed by atoms with E-state index in [1.54, 1.807) is 0 Å². The predicted octanol–water partition coefficient (Wildman–Crippen LogP) is 2.79. The molecule has 19 heavy (non-hydrogen) atoms. The largest absolute Gasteiger partial charge is 0.379 e. The highest BCUT2D eigenvalue weighted by Crippen LogP contribution is 2.39. The molecule has 0 amide bonds. The summed E-state index contributed by atoms with van der Waals surface area (Å²) < 4.78 is 16.8. The molecule has 0 spiro atoms. The van der Waals surface area contributed by atoms with Gasteiger partial charge in [-0.15, -0.1) is 0 Å². The van der Waals surface area contributed by atoms with Gasteiger partial charge in [0.2, 0.25) is 0 Å². The maximum absolute atomic E-state index is 5.70. The van der Waals surface area contributed by atoms with Crippen molar-refractivity contribution in [1.29, 1.82) is 0 Å². The summed E-state index contributed by atoms with van der Waals surface area (Å²) in [6, 6.07) is 10.2. The van der Waals surface area contributed by atoms with Gasteiger partial charge in [0.25, 0.3) is 0 Å². The van der Waals surface area contributed by atoms with Crippen LogP contribution in [0.5, 0.6) is 0 Å². The third kappa shape index (κ3) is 4.03. The second kappa shape index (κ2) is 6.51. The van der Waals surface area contributed by atoms with Crippen LogP contribution in [-0.2, 0) is 20.8 Å². The third-order valence-electron chi connectivity index (χ3n) is 3.95. The summed E-state index contributed by atoms with van der Waals surface area (Å²) in [7, 11) is 0. The summed E-state index contributed by atoms with van der Waals surface area (Å²) in [6.07, 6.45) is 4.81. The molecule has 3 atom stereocenters. The molecule has 0 aromatic heterocycles. The lowest BCUT2D eigenvalue weighted by molar-refractivity contribution is 0.0233. The molecule has 1 aromatic rings. The third-order valence-corrected chi connectivity index (χ3v) is 3.95. The van der Waals surface area contributed by atoms with E-state index in [0.717, 1.165) is 6.61 Å². The lowest BCUT2D eigenvalue weighted by atomic mass is 9.90. The molecule has 1 saturated heterocycles. The molecule has 2 aliphatic rings. The smallest absolute Gasteiger partial charge is 0.0845 e. The zero-order valence-electron chi connectivity index (χ0n) is 11.3. The van der Waals surface area contributed by atoms with Gasteiger partial charge in [-0.05, 0) is 30.7 Å². The molecule has 1 saturated carbocycles. The van der Waals surface area contributed by atoms with Crippen LogP contribution in [-0.4, -0.2) is 32.0 Å². The molecule has 2 fully saturated rings. The Labute approximate surface area is 114 Å². The van der Waals surface area contributed by atoms with Gasteiger partial charge in [-0.1, -0.05) is 30.3 Å². The Balaban J connectivity index is 1.21. The van der Waals surface area contributed by atoms with Gasteiger partial charge in [-0.2, -0.15) is 0 Å². The van der Waals surface area contributed by atoms with E-state index in [0.29, 0.717) is 37.9 Å². The molecular weight excluding hydrogens is 240 g/mol. The highest BCUT2D eigenvalue weighted by Gasteiger charge is 2.43. The quantitative estimate of drug-likeness (QED) is 0.559. The molecule has 1 aromatic carbocycles. The molecule has 3 heteroatoms. The summed E-state index contributed by atoms with van der Waals surface area (Å²) in [5.74, 6) is 0.692. The van der Waals surface area contributed by atoms with Gasteiger partial charge in [0.15, 0.2) is 0 Å². The topological polar surface area (TPSA) is 31.0 Å². The second-order valence-corrected chi connectivity index (χ2v) is 5.51. The minimum atomic E-state index is 0.552. The predicted molar refractivity (Wildman–Crippen MR) is 72.9 cm³/mol. The highest BCUT2D eigenvalue weighted by atomic mass is 16.6. The van der Waals surface area contributed by atoms with Gasteiger partial charge in [-0.25, -0.2) is 0 Å². The average Bonchev–Trinajstić information content (AvgIpc) is 3.22. The van der Waals surface area contributed by atoms with Crippen molar-refractivity contribution >= 4 is 0 Å². The van der Waals surface area contributed by atoms with E-state index >= 15 is 0 Å². The Hall–Kier alpha value is -0.900. The first kappa shape index (κ1) is 13.1. The van der Waals surface area contributed by atoms with Crippen molar-refractivity contribution in [3.63, 3.8) is 0 Å². The van der Waals surface area contributed by atoms with Crippen molar-refractivity contribution in [1.82, 2.24) is 0 Å². The van der Waals surface area contributed by atoms with Crippen molar-refractivity contribution in [3.8, 4) is 0 Å². The summed E-state index contributed by atoms with van der Waals surface area (Å²) in [6.45, 7) is 2.90. The molecule has 3 nitrogen and oxygen atoms in total. The number of ether oxygens (including phenoxy) is 3. The Morgan fingerprint density at radius 3 is 2.68 bits per heavy atom. The first-order valence-corrected chi connectivity index (χ1v) is 7.26. The molecule has 3 rings (SSSR count). The molecule has 3 unspecified atom stereocenters. The monoisotopic (exact) mass is 262 g/mol. The minimum absolute atomic E-state index is 0.552. The maximum Gasteiger partial charge on any atom is 0.0845 e. The number of hydrogen-bond donors (Lipinski definition) is 0. The number of rotatable bonds is 7. The number of hydrogen-bond acceptors (Lipinski definition) is 3. The van der Waals surface area contributed by atoms with Crippen molar-refractivity contribution in [3.05, 3.63) is 35.9 Å². The van der Waals surface area contributed by atoms with Crippen LogP contribution in [0.1, 0.15) is 24.8 Å². The van der Waals surface area contributed by atoms with E-state index in [1.165, 1.54) is 24.8 Å². The molecule has 1 heterocycles. The number of benzene rings is 1. The lowest BCUT2D eigenvalue weighted by Gasteiger charge is -2.18. The minimum Gasteiger partial charge on any atom is -0.379 e. The normalized spacial score (nSPS) is 28.9. The van der Waals surface area contributed by atoms with E-state index in [4.69, 9.17) is 14.2 Å². The molecule has 0 bridgehead atoms. The van der Waals surface area contributed by atoms with Crippen molar-refractivity contribution in [2.75, 3.05) is 19.8 Å². The Morgan fingerprint density at radius 1 is 1.00 bits per heavy atom. The van der Waals surface area contributed by atoms with Crippen LogP contribution in [0, 0.1) is 5.92 Å². The Morgan fingerprint density at radius 2 is 1.84 bits per heavy atom. The Bertz CT molecular complexity index is 379. The molecule has 0 N–H and O–H groups in total. The van der Waals surface area contributed by atoms with Gasteiger partial charge in [-0.3, -0.25) is 0 Å². The van der Waals surface area contributed by atoms with Crippen LogP contribution in [0.15, 0.2) is 30.3 Å². The van der Waals surface area contributed by atoms with E-state index in [9.17, 15) is 0 Å². The van der Waals surface area contributed by atoms with E-state index in [1.807, 2.05) is 18.2 Å². The highest BCUT2D eigenvalue weighted by molar-refractivity contribution is 5.13. The SMILES string of the molecule is c1ccc(COCCOCC2CCC3OC3C2)cc1. The van der Waals surface area contributed by atoms with E-state index < -0.39 is 0 Å². The van der Waals surface area contributed by atoms with Crippen LogP contribution < -0.4 is 0 Å². The summed E-state index contributed by atoms with van der Waals surface area (Å²) >= 11 is 0. The first-order chi connectivity index (χ1) is 9.42. The number of fused-ring (bicyclic) bond motifs is 1. The van der Waals surface area contributed by atoms with Gasteiger partial charge < -0.3 is 14.2 Å². The summed E-state index contributed by atoms with van der Waals surface area (Å²) in [5.41, 5.74) is 1.21. The standard InChI is InChI=1S/C16H22O3/c1-2-4-13(5-3-1)11-17-8-9-18-12-14-6-7-15-16(10-14)19-15/h1-5,14-16H,6-12H2. The van der Waals surface area contributed by atoms with Gasteiger partial charge >= 0.3 is 0 Å². The number of epoxide rings is 1. The van der Waals surface area contributed by atoms with Crippen LogP contribution in [0.4, 0.5) is 0 Å². The van der Waals surface area contributed by atoms with Gasteiger partial charge in [0, 0.05) is 6.61 Å². The maximum atomic E-state index is 5.70. The fourth-order valence-electron chi connectivity index (χ4n) is 2.77. The average molecular weight is 262 g/mol. The molecule has 104 valence electrons. The summed E-state index contributed by atoms with van der Waals surface area (Å²) in [5, 5.41) is 0. The molecule has 0 radical (unpaired) electrons. The molecular formula is C16H22O3. The van der Waals surface area contributed by atoms with Crippen LogP contribution in [0.3, 0.4) is 0 Å². The fraction of sp³-hybridized carbons (Fsp3) is 0.625. The van der Waals surface area contributed by atoms with E-state index in [-0.39, 0.29) is 0 Å². The van der Waals surface area contributed by atoms with Crippen LogP contribution >= 0.6 is 0 Å². The van der Waals surface area contributed by atoms with Crippen LogP contribution in [0.25, 0.3) is 0 Å². The zero-order chi connectivity index (χ0) is 12.9. The lowest BCUT2D eigenvalue weighted by Crippen LogP contribution is -2.19. The zero-order valence-corrected chi connectivity index (χ0v) is 11.3. The fourth-order valence-corrected chi connectivity index (χ4v) is 2.77. The van der Waals surface area contributed by atoms with Gasteiger partial charge in [0.05, 0.1) is 32.0 Å². The van der Waals surface area contributed by atoms with Gasteiger partial charge in [0.1, 0.15) is 0 Å². The molecule has 1 aliphatic carbocycles. The van der Waals surface area contributed by atoms with Crippen molar-refractivity contribution in [2.45, 2.75) is 38.1 Å². The summed E-state index contributed by atoms with van der Waals surface area (Å²) in [4.78, 5) is 0. The van der Waals surface area contributed by atoms with Crippen molar-refractivity contribution in [2.24, 2.45) is 5.92 Å².